The van der Waals surface area contributed by atoms with E-state index in [1.165, 1.54) is 0 Å². The van der Waals surface area contributed by atoms with Gasteiger partial charge >= 0.3 is 0 Å². The second-order valence-electron chi connectivity index (χ2n) is 3.64. The summed E-state index contributed by atoms with van der Waals surface area (Å²) in [4.78, 5) is 0. The lowest BCUT2D eigenvalue weighted by molar-refractivity contribution is 0.483. The molecular weight excluding hydrogens is 222 g/mol. The summed E-state index contributed by atoms with van der Waals surface area (Å²) in [6.07, 6.45) is 0. The Hall–Kier alpha value is -1.67. The smallest absolute Gasteiger partial charge is 0.150 e. The molecule has 0 aromatic heterocycles. The van der Waals surface area contributed by atoms with Gasteiger partial charge in [0.1, 0.15) is 11.3 Å². The standard InChI is InChI=1S/C13H10ClNO/c14-13-9-5-1-3-7-11(9)16-12-8-4-2-6-10(12)15-13/h1-8,13,15H. The summed E-state index contributed by atoms with van der Waals surface area (Å²) in [5.41, 5.74) is 1.61. The van der Waals surface area contributed by atoms with Crippen molar-refractivity contribution in [1.29, 1.82) is 0 Å². The van der Waals surface area contributed by atoms with Crippen LogP contribution in [-0.2, 0) is 0 Å². The molecule has 0 saturated heterocycles. The van der Waals surface area contributed by atoms with Crippen molar-refractivity contribution < 1.29 is 4.74 Å². The Morgan fingerprint density at radius 3 is 2.50 bits per heavy atom. The largest absolute Gasteiger partial charge is 0.455 e. The first-order valence-corrected chi connectivity index (χ1v) is 5.54. The van der Waals surface area contributed by atoms with E-state index in [0.29, 0.717) is 0 Å². The molecule has 1 atom stereocenters. The Balaban J connectivity index is 2.15. The number of anilines is 1. The molecule has 1 heterocycles. The highest BCUT2D eigenvalue weighted by Gasteiger charge is 2.19. The number of rotatable bonds is 0. The van der Waals surface area contributed by atoms with Gasteiger partial charge in [-0.05, 0) is 18.2 Å². The van der Waals surface area contributed by atoms with Gasteiger partial charge in [-0.2, -0.15) is 0 Å². The molecule has 1 unspecified atom stereocenters. The minimum Gasteiger partial charge on any atom is -0.455 e. The Kier molecular flexibility index (Phi) is 2.22. The van der Waals surface area contributed by atoms with E-state index in [-0.39, 0.29) is 5.50 Å². The van der Waals surface area contributed by atoms with Crippen LogP contribution in [0.4, 0.5) is 5.69 Å². The number of para-hydroxylation sites is 3. The second kappa shape index (κ2) is 3.72. The van der Waals surface area contributed by atoms with Crippen LogP contribution in [0.1, 0.15) is 11.1 Å². The third-order valence-corrected chi connectivity index (χ3v) is 2.93. The Bertz CT molecular complexity index is 527. The fourth-order valence-corrected chi connectivity index (χ4v) is 2.09. The Morgan fingerprint density at radius 2 is 1.62 bits per heavy atom. The molecule has 0 spiro atoms. The summed E-state index contributed by atoms with van der Waals surface area (Å²) in [7, 11) is 0. The van der Waals surface area contributed by atoms with Gasteiger partial charge in [-0.1, -0.05) is 41.9 Å². The van der Waals surface area contributed by atoms with E-state index in [0.717, 1.165) is 22.7 Å². The summed E-state index contributed by atoms with van der Waals surface area (Å²) < 4.78 is 5.83. The van der Waals surface area contributed by atoms with E-state index in [1.807, 2.05) is 48.5 Å². The van der Waals surface area contributed by atoms with Crippen molar-refractivity contribution >= 4 is 17.3 Å². The fourth-order valence-electron chi connectivity index (χ4n) is 1.79. The summed E-state index contributed by atoms with van der Waals surface area (Å²) in [5.74, 6) is 1.61. The van der Waals surface area contributed by atoms with Crippen LogP contribution in [-0.4, -0.2) is 0 Å². The molecule has 2 aromatic rings. The maximum absolute atomic E-state index is 6.29. The third-order valence-electron chi connectivity index (χ3n) is 2.58. The van der Waals surface area contributed by atoms with E-state index in [4.69, 9.17) is 16.3 Å². The summed E-state index contributed by atoms with van der Waals surface area (Å²) in [6.45, 7) is 0. The van der Waals surface area contributed by atoms with Crippen LogP contribution >= 0.6 is 11.6 Å². The Labute approximate surface area is 98.8 Å². The van der Waals surface area contributed by atoms with Crippen molar-refractivity contribution in [3.8, 4) is 11.5 Å². The first-order chi connectivity index (χ1) is 7.84. The monoisotopic (exact) mass is 231 g/mol. The highest BCUT2D eigenvalue weighted by molar-refractivity contribution is 6.22. The molecule has 2 aromatic carbocycles. The Morgan fingerprint density at radius 1 is 0.938 bits per heavy atom. The van der Waals surface area contributed by atoms with Crippen LogP contribution < -0.4 is 10.1 Å². The molecular formula is C13H10ClNO. The number of hydrogen-bond acceptors (Lipinski definition) is 2. The van der Waals surface area contributed by atoms with Crippen LogP contribution in [0.25, 0.3) is 0 Å². The molecule has 3 rings (SSSR count). The van der Waals surface area contributed by atoms with Crippen LogP contribution in [0.5, 0.6) is 11.5 Å². The number of ether oxygens (including phenoxy) is 1. The topological polar surface area (TPSA) is 21.3 Å². The normalized spacial score (nSPS) is 17.4. The maximum atomic E-state index is 6.29. The molecule has 0 saturated carbocycles. The van der Waals surface area contributed by atoms with E-state index >= 15 is 0 Å². The minimum absolute atomic E-state index is 0.264. The minimum atomic E-state index is -0.264. The summed E-state index contributed by atoms with van der Waals surface area (Å²) in [6, 6.07) is 15.6. The summed E-state index contributed by atoms with van der Waals surface area (Å²) >= 11 is 6.29. The average Bonchev–Trinajstić information content (AvgIpc) is 2.45. The van der Waals surface area contributed by atoms with E-state index < -0.39 is 0 Å². The second-order valence-corrected chi connectivity index (χ2v) is 4.08. The number of hydrogen-bond donors (Lipinski definition) is 1. The fraction of sp³-hybridized carbons (Fsp3) is 0.0769. The molecule has 1 aliphatic rings. The van der Waals surface area contributed by atoms with Gasteiger partial charge in [-0.25, -0.2) is 0 Å². The van der Waals surface area contributed by atoms with Gasteiger partial charge in [0, 0.05) is 5.56 Å². The molecule has 0 aliphatic carbocycles. The van der Waals surface area contributed by atoms with Crippen LogP contribution in [0.15, 0.2) is 48.5 Å². The first-order valence-electron chi connectivity index (χ1n) is 5.11. The predicted molar refractivity (Wildman–Crippen MR) is 65.2 cm³/mol. The van der Waals surface area contributed by atoms with Crippen molar-refractivity contribution in [3.63, 3.8) is 0 Å². The van der Waals surface area contributed by atoms with Gasteiger partial charge in [-0.3, -0.25) is 0 Å². The predicted octanol–water partition coefficient (Wildman–Crippen LogP) is 4.14. The molecule has 80 valence electrons. The van der Waals surface area contributed by atoms with Crippen molar-refractivity contribution in [1.82, 2.24) is 0 Å². The van der Waals surface area contributed by atoms with Crippen molar-refractivity contribution in [2.75, 3.05) is 5.32 Å². The molecule has 1 aliphatic heterocycles. The van der Waals surface area contributed by atoms with Crippen LogP contribution in [0, 0.1) is 0 Å². The lowest BCUT2D eigenvalue weighted by Gasteiger charge is -2.10. The van der Waals surface area contributed by atoms with Crippen LogP contribution in [0.2, 0.25) is 0 Å². The SMILES string of the molecule is ClC1Nc2ccccc2Oc2ccccc21. The van der Waals surface area contributed by atoms with E-state index in [1.54, 1.807) is 0 Å². The van der Waals surface area contributed by atoms with Crippen molar-refractivity contribution in [2.24, 2.45) is 0 Å². The average molecular weight is 232 g/mol. The van der Waals surface area contributed by atoms with Crippen molar-refractivity contribution in [2.45, 2.75) is 5.50 Å². The molecule has 2 nitrogen and oxygen atoms in total. The zero-order valence-electron chi connectivity index (χ0n) is 8.48. The first kappa shape index (κ1) is 9.55. The lowest BCUT2D eigenvalue weighted by Crippen LogP contribution is -2.01. The van der Waals surface area contributed by atoms with Gasteiger partial charge in [0.05, 0.1) is 5.69 Å². The maximum Gasteiger partial charge on any atom is 0.150 e. The highest BCUT2D eigenvalue weighted by Crippen LogP contribution is 2.40. The number of fused-ring (bicyclic) bond motifs is 2. The van der Waals surface area contributed by atoms with Gasteiger partial charge in [0.25, 0.3) is 0 Å². The van der Waals surface area contributed by atoms with Gasteiger partial charge in [-0.15, -0.1) is 0 Å². The van der Waals surface area contributed by atoms with Gasteiger partial charge in [0.15, 0.2) is 5.75 Å². The molecule has 0 bridgehead atoms. The molecule has 0 radical (unpaired) electrons. The van der Waals surface area contributed by atoms with Crippen LogP contribution in [0.3, 0.4) is 0 Å². The highest BCUT2D eigenvalue weighted by atomic mass is 35.5. The van der Waals surface area contributed by atoms with Gasteiger partial charge < -0.3 is 10.1 Å². The molecule has 0 fully saturated rings. The van der Waals surface area contributed by atoms with Crippen molar-refractivity contribution in [3.05, 3.63) is 54.1 Å². The number of alkyl halides is 1. The number of halogens is 1. The number of benzene rings is 2. The zero-order chi connectivity index (χ0) is 11.0. The van der Waals surface area contributed by atoms with Gasteiger partial charge in [0.2, 0.25) is 0 Å². The molecule has 16 heavy (non-hydrogen) atoms. The molecule has 0 amide bonds. The summed E-state index contributed by atoms with van der Waals surface area (Å²) in [5, 5.41) is 3.22. The molecule has 3 heteroatoms. The molecule has 1 N–H and O–H groups in total. The zero-order valence-corrected chi connectivity index (χ0v) is 9.24. The third kappa shape index (κ3) is 1.51. The van der Waals surface area contributed by atoms with E-state index in [9.17, 15) is 0 Å². The van der Waals surface area contributed by atoms with E-state index in [2.05, 4.69) is 5.32 Å². The lowest BCUT2D eigenvalue weighted by atomic mass is 10.2. The number of nitrogens with one attached hydrogen (secondary N) is 1. The quantitative estimate of drug-likeness (QED) is 0.544.